The van der Waals surface area contributed by atoms with E-state index in [0.29, 0.717) is 25.5 Å². The number of ether oxygens (including phenoxy) is 2. The van der Waals surface area contributed by atoms with Gasteiger partial charge in [0.15, 0.2) is 5.82 Å². The Bertz CT molecular complexity index is 1160. The number of methoxy groups -OCH3 is 1. The van der Waals surface area contributed by atoms with Gasteiger partial charge in [-0.3, -0.25) is 4.79 Å². The maximum Gasteiger partial charge on any atom is 0.322 e. The minimum Gasteiger partial charge on any atom is -0.459 e. The number of hydrogen-bond acceptors (Lipinski definition) is 7. The second kappa shape index (κ2) is 11.9. The lowest BCUT2D eigenvalue weighted by molar-refractivity contribution is -0.156. The smallest absolute Gasteiger partial charge is 0.322 e. The number of thioether (sulfide) groups is 1. The van der Waals surface area contributed by atoms with Crippen LogP contribution in [0.4, 0.5) is 5.82 Å². The van der Waals surface area contributed by atoms with Crippen molar-refractivity contribution >= 4 is 23.5 Å². The summed E-state index contributed by atoms with van der Waals surface area (Å²) in [6.07, 6.45) is 1.80. The number of aromatic nitrogens is 2. The zero-order valence-corrected chi connectivity index (χ0v) is 23.2. The Morgan fingerprint density at radius 1 is 1.03 bits per heavy atom. The molecule has 7 heteroatoms. The van der Waals surface area contributed by atoms with Crippen LogP contribution >= 0.6 is 11.8 Å². The molecule has 1 aromatic heterocycles. The van der Waals surface area contributed by atoms with Crippen LogP contribution in [0, 0.1) is 6.92 Å². The zero-order chi connectivity index (χ0) is 26.3. The Hall–Kier alpha value is -2.90. The van der Waals surface area contributed by atoms with Gasteiger partial charge in [0.2, 0.25) is 0 Å². The van der Waals surface area contributed by atoms with Crippen molar-refractivity contribution in [3.05, 3.63) is 71.9 Å². The van der Waals surface area contributed by atoms with E-state index in [1.807, 2.05) is 52.8 Å². The molecule has 192 valence electrons. The van der Waals surface area contributed by atoms with Crippen LogP contribution in [0.2, 0.25) is 0 Å². The standard InChI is InChI=1S/C29H37N3O3S/c1-21-9-8-10-23(19-21)26-30-16-15-25(31-26)32(17-18-34-7)20-22-11-13-24(14-12-22)36-29(5,6)27(33)35-28(2,3)4/h8-16,19H,17-18,20H2,1-7H3. The maximum absolute atomic E-state index is 12.6. The zero-order valence-electron chi connectivity index (χ0n) is 22.4. The van der Waals surface area contributed by atoms with Crippen molar-refractivity contribution in [2.75, 3.05) is 25.2 Å². The van der Waals surface area contributed by atoms with Crippen LogP contribution < -0.4 is 4.90 Å². The predicted octanol–water partition coefficient (Wildman–Crippen LogP) is 6.32. The van der Waals surface area contributed by atoms with Gasteiger partial charge in [0, 0.05) is 36.9 Å². The van der Waals surface area contributed by atoms with Gasteiger partial charge < -0.3 is 14.4 Å². The third-order valence-electron chi connectivity index (χ3n) is 5.37. The normalized spacial score (nSPS) is 11.9. The Morgan fingerprint density at radius 3 is 2.39 bits per heavy atom. The fourth-order valence-corrected chi connectivity index (χ4v) is 4.53. The van der Waals surface area contributed by atoms with Gasteiger partial charge in [-0.1, -0.05) is 35.9 Å². The molecule has 0 saturated carbocycles. The molecule has 0 aliphatic carbocycles. The van der Waals surface area contributed by atoms with Gasteiger partial charge in [-0.05, 0) is 71.4 Å². The Balaban J connectivity index is 1.75. The first-order valence-electron chi connectivity index (χ1n) is 12.1. The molecule has 0 bridgehead atoms. The summed E-state index contributed by atoms with van der Waals surface area (Å²) < 4.78 is 10.3. The van der Waals surface area contributed by atoms with Gasteiger partial charge in [0.1, 0.15) is 16.2 Å². The third-order valence-corrected chi connectivity index (χ3v) is 6.55. The highest BCUT2D eigenvalue weighted by atomic mass is 32.2. The summed E-state index contributed by atoms with van der Waals surface area (Å²) in [5.41, 5.74) is 2.80. The molecule has 0 spiro atoms. The van der Waals surface area contributed by atoms with Crippen LogP contribution in [-0.2, 0) is 20.8 Å². The molecule has 0 amide bonds. The highest BCUT2D eigenvalue weighted by Crippen LogP contribution is 2.35. The second-order valence-corrected chi connectivity index (χ2v) is 12.0. The van der Waals surface area contributed by atoms with Crippen LogP contribution in [0.3, 0.4) is 0 Å². The van der Waals surface area contributed by atoms with E-state index in [-0.39, 0.29) is 5.97 Å². The summed E-state index contributed by atoms with van der Waals surface area (Å²) >= 11 is 1.50. The van der Waals surface area contributed by atoms with E-state index in [0.717, 1.165) is 21.8 Å². The average Bonchev–Trinajstić information content (AvgIpc) is 2.81. The minimum absolute atomic E-state index is 0.219. The van der Waals surface area contributed by atoms with Gasteiger partial charge in [-0.25, -0.2) is 9.97 Å². The van der Waals surface area contributed by atoms with Gasteiger partial charge in [-0.15, -0.1) is 11.8 Å². The summed E-state index contributed by atoms with van der Waals surface area (Å²) in [6, 6.07) is 18.4. The number of carbonyl (C=O) groups is 1. The first kappa shape index (κ1) is 27.7. The van der Waals surface area contributed by atoms with Crippen LogP contribution in [0.25, 0.3) is 11.4 Å². The van der Waals surface area contributed by atoms with Crippen molar-refractivity contribution in [1.82, 2.24) is 9.97 Å². The fourth-order valence-electron chi connectivity index (χ4n) is 3.55. The van der Waals surface area contributed by atoms with E-state index in [2.05, 4.69) is 53.2 Å². The molecule has 36 heavy (non-hydrogen) atoms. The first-order valence-corrected chi connectivity index (χ1v) is 12.9. The largest absolute Gasteiger partial charge is 0.459 e. The highest BCUT2D eigenvalue weighted by Gasteiger charge is 2.33. The lowest BCUT2D eigenvalue weighted by Gasteiger charge is -2.28. The fraction of sp³-hybridized carbons (Fsp3) is 0.414. The molecule has 6 nitrogen and oxygen atoms in total. The number of benzene rings is 2. The monoisotopic (exact) mass is 507 g/mol. The van der Waals surface area contributed by atoms with E-state index in [1.54, 1.807) is 13.3 Å². The van der Waals surface area contributed by atoms with Gasteiger partial charge in [0.25, 0.3) is 0 Å². The summed E-state index contributed by atoms with van der Waals surface area (Å²) in [4.78, 5) is 25.2. The first-order chi connectivity index (χ1) is 17.0. The van der Waals surface area contributed by atoms with Crippen LogP contribution in [0.1, 0.15) is 45.7 Å². The van der Waals surface area contributed by atoms with E-state index >= 15 is 0 Å². The van der Waals surface area contributed by atoms with E-state index in [9.17, 15) is 4.79 Å². The highest BCUT2D eigenvalue weighted by molar-refractivity contribution is 8.01. The summed E-state index contributed by atoms with van der Waals surface area (Å²) in [7, 11) is 1.70. The van der Waals surface area contributed by atoms with Crippen LogP contribution in [0.5, 0.6) is 0 Å². The van der Waals surface area contributed by atoms with Crippen molar-refractivity contribution in [3.63, 3.8) is 0 Å². The minimum atomic E-state index is -0.688. The summed E-state index contributed by atoms with van der Waals surface area (Å²) in [6.45, 7) is 13.5. The van der Waals surface area contributed by atoms with Gasteiger partial charge in [-0.2, -0.15) is 0 Å². The quantitative estimate of drug-likeness (QED) is 0.235. The summed E-state index contributed by atoms with van der Waals surface area (Å²) in [5, 5.41) is 0. The van der Waals surface area contributed by atoms with Gasteiger partial charge >= 0.3 is 5.97 Å². The Labute approximate surface area is 219 Å². The SMILES string of the molecule is COCCN(Cc1ccc(SC(C)(C)C(=O)OC(C)(C)C)cc1)c1ccnc(-c2cccc(C)c2)n1. The number of esters is 1. The molecule has 0 atom stereocenters. The molecule has 3 aromatic rings. The average molecular weight is 508 g/mol. The molecule has 2 aromatic carbocycles. The van der Waals surface area contributed by atoms with E-state index in [4.69, 9.17) is 14.5 Å². The number of nitrogens with zero attached hydrogens (tertiary/aromatic N) is 3. The third kappa shape index (κ3) is 8.07. The molecule has 0 fully saturated rings. The Kier molecular flexibility index (Phi) is 9.14. The van der Waals surface area contributed by atoms with Crippen LogP contribution in [-0.4, -0.2) is 46.5 Å². The molecular weight excluding hydrogens is 470 g/mol. The molecule has 0 aliphatic heterocycles. The van der Waals surface area contributed by atoms with Crippen LogP contribution in [0.15, 0.2) is 65.7 Å². The number of hydrogen-bond donors (Lipinski definition) is 0. The molecular formula is C29H37N3O3S. The van der Waals surface area contributed by atoms with E-state index < -0.39 is 10.3 Å². The van der Waals surface area contributed by atoms with Crippen molar-refractivity contribution in [1.29, 1.82) is 0 Å². The molecule has 0 radical (unpaired) electrons. The topological polar surface area (TPSA) is 64.5 Å². The molecule has 1 heterocycles. The van der Waals surface area contributed by atoms with Gasteiger partial charge in [0.05, 0.1) is 6.61 Å². The number of aryl methyl sites for hydroxylation is 1. The van der Waals surface area contributed by atoms with Crippen molar-refractivity contribution < 1.29 is 14.3 Å². The molecule has 0 N–H and O–H groups in total. The summed E-state index contributed by atoms with van der Waals surface area (Å²) in [5.74, 6) is 1.33. The lowest BCUT2D eigenvalue weighted by Crippen LogP contribution is -2.36. The van der Waals surface area contributed by atoms with Crippen molar-refractivity contribution in [2.45, 2.75) is 63.3 Å². The van der Waals surface area contributed by atoms with E-state index in [1.165, 1.54) is 17.3 Å². The number of rotatable bonds is 10. The molecule has 0 unspecified atom stereocenters. The lowest BCUT2D eigenvalue weighted by atomic mass is 10.1. The second-order valence-electron chi connectivity index (χ2n) is 10.3. The number of anilines is 1. The van der Waals surface area contributed by atoms with Crippen molar-refractivity contribution in [3.8, 4) is 11.4 Å². The number of carbonyl (C=O) groups excluding carboxylic acids is 1. The Morgan fingerprint density at radius 2 is 1.75 bits per heavy atom. The predicted molar refractivity (Wildman–Crippen MR) is 147 cm³/mol. The molecule has 0 saturated heterocycles. The molecule has 3 rings (SSSR count). The molecule has 0 aliphatic rings. The maximum atomic E-state index is 12.6. The van der Waals surface area contributed by atoms with Crippen molar-refractivity contribution in [2.24, 2.45) is 0 Å².